The zero-order chi connectivity index (χ0) is 9.14. The van der Waals surface area contributed by atoms with Crippen molar-refractivity contribution in [3.8, 4) is 6.07 Å². The van der Waals surface area contributed by atoms with E-state index in [1.165, 1.54) is 6.07 Å². The van der Waals surface area contributed by atoms with Crippen molar-refractivity contribution in [3.05, 3.63) is 29.3 Å². The van der Waals surface area contributed by atoms with Gasteiger partial charge in [-0.3, -0.25) is 4.79 Å². The number of halogens is 2. The number of hydrogen-bond donors (Lipinski definition) is 0. The molecule has 0 aliphatic rings. The second-order valence-electron chi connectivity index (χ2n) is 1.91. The smallest absolute Gasteiger partial charge is 0.270 e. The zero-order valence-corrected chi connectivity index (χ0v) is 6.47. The number of carbonyl (C=O) groups excluding carboxylic acids is 1. The Hall–Kier alpha value is -1.47. The van der Waals surface area contributed by atoms with Gasteiger partial charge in [0, 0.05) is 0 Å². The lowest BCUT2D eigenvalue weighted by Gasteiger charge is -1.93. The topological polar surface area (TPSA) is 53.8 Å². The van der Waals surface area contributed by atoms with Gasteiger partial charge in [0.1, 0.15) is 11.8 Å². The maximum Gasteiger partial charge on any atom is 0.270 e. The van der Waals surface area contributed by atoms with Crippen molar-refractivity contribution in [1.29, 1.82) is 5.26 Å². The van der Waals surface area contributed by atoms with E-state index >= 15 is 0 Å². The minimum absolute atomic E-state index is 0.130. The average Bonchev–Trinajstić information content (AvgIpc) is 2.05. The van der Waals surface area contributed by atoms with Gasteiger partial charge >= 0.3 is 0 Å². The molecule has 0 unspecified atom stereocenters. The zero-order valence-electron chi connectivity index (χ0n) is 5.71. The second kappa shape index (κ2) is 3.28. The number of aromatic nitrogens is 1. The molecule has 0 aromatic carbocycles. The molecule has 0 spiro atoms. The Balaban J connectivity index is 3.25. The number of hydrogen-bond acceptors (Lipinski definition) is 3. The van der Waals surface area contributed by atoms with Gasteiger partial charge in [0.05, 0.1) is 0 Å². The van der Waals surface area contributed by atoms with Crippen LogP contribution in [0.25, 0.3) is 0 Å². The first-order valence-corrected chi connectivity index (χ1v) is 3.29. The van der Waals surface area contributed by atoms with E-state index in [0.29, 0.717) is 0 Å². The van der Waals surface area contributed by atoms with Gasteiger partial charge in [-0.05, 0) is 23.7 Å². The number of rotatable bonds is 1. The van der Waals surface area contributed by atoms with Crippen LogP contribution in [-0.2, 0) is 0 Å². The van der Waals surface area contributed by atoms with Crippen LogP contribution in [0, 0.1) is 17.1 Å². The Morgan fingerprint density at radius 3 is 2.83 bits per heavy atom. The first-order valence-electron chi connectivity index (χ1n) is 2.91. The van der Waals surface area contributed by atoms with E-state index < -0.39 is 16.8 Å². The van der Waals surface area contributed by atoms with Crippen molar-refractivity contribution in [2.45, 2.75) is 0 Å². The van der Waals surface area contributed by atoms with Crippen molar-refractivity contribution in [2.24, 2.45) is 0 Å². The molecule has 0 fully saturated rings. The van der Waals surface area contributed by atoms with Crippen LogP contribution >= 0.6 is 11.6 Å². The summed E-state index contributed by atoms with van der Waals surface area (Å²) in [6, 6.07) is 3.58. The first kappa shape index (κ1) is 8.62. The summed E-state index contributed by atoms with van der Waals surface area (Å²) in [5, 5.41) is 7.50. The van der Waals surface area contributed by atoms with Gasteiger partial charge in [-0.25, -0.2) is 9.37 Å². The summed E-state index contributed by atoms with van der Waals surface area (Å²) in [5.74, 6) is -0.765. The fraction of sp³-hybridized carbons (Fsp3) is 0. The van der Waals surface area contributed by atoms with E-state index in [9.17, 15) is 9.18 Å². The summed E-state index contributed by atoms with van der Waals surface area (Å²) in [6.45, 7) is 0. The molecule has 0 saturated heterocycles. The third-order valence-electron chi connectivity index (χ3n) is 1.15. The molecule has 1 aromatic heterocycles. The molecule has 0 radical (unpaired) electrons. The van der Waals surface area contributed by atoms with Crippen molar-refractivity contribution in [3.63, 3.8) is 0 Å². The summed E-state index contributed by atoms with van der Waals surface area (Å²) in [5.41, 5.74) is -0.559. The minimum Gasteiger partial charge on any atom is -0.274 e. The summed E-state index contributed by atoms with van der Waals surface area (Å²) in [6.07, 6.45) is 0. The number of nitriles is 1. The molecule has 60 valence electrons. The van der Waals surface area contributed by atoms with E-state index in [2.05, 4.69) is 4.98 Å². The Morgan fingerprint density at radius 1 is 1.67 bits per heavy atom. The number of carbonyl (C=O) groups is 1. The highest BCUT2D eigenvalue weighted by atomic mass is 35.5. The maximum absolute atomic E-state index is 12.6. The lowest BCUT2D eigenvalue weighted by atomic mass is 10.3. The quantitative estimate of drug-likeness (QED) is 0.621. The fourth-order valence-electron chi connectivity index (χ4n) is 0.630. The molecule has 1 heterocycles. The molecule has 0 aliphatic carbocycles. The Morgan fingerprint density at radius 2 is 2.33 bits per heavy atom. The number of nitrogens with zero attached hydrogens (tertiary/aromatic N) is 2. The molecule has 5 heteroatoms. The Bertz CT molecular complexity index is 372. The van der Waals surface area contributed by atoms with Gasteiger partial charge in [-0.1, -0.05) is 0 Å². The molecular weight excluding hydrogens is 183 g/mol. The van der Waals surface area contributed by atoms with Crippen molar-refractivity contribution < 1.29 is 9.18 Å². The Kier molecular flexibility index (Phi) is 2.36. The van der Waals surface area contributed by atoms with E-state index in [1.54, 1.807) is 0 Å². The highest BCUT2D eigenvalue weighted by molar-refractivity contribution is 6.67. The summed E-state index contributed by atoms with van der Waals surface area (Å²) >= 11 is 5.05. The van der Waals surface area contributed by atoms with Crippen molar-refractivity contribution in [1.82, 2.24) is 4.98 Å². The molecule has 0 saturated carbocycles. The second-order valence-corrected chi connectivity index (χ2v) is 2.26. The first-order chi connectivity index (χ1) is 5.65. The highest BCUT2D eigenvalue weighted by Crippen LogP contribution is 2.06. The van der Waals surface area contributed by atoms with E-state index in [1.807, 2.05) is 0 Å². The van der Waals surface area contributed by atoms with Crippen LogP contribution in [-0.4, -0.2) is 10.2 Å². The molecule has 0 atom stereocenters. The highest BCUT2D eigenvalue weighted by Gasteiger charge is 2.08. The van der Waals surface area contributed by atoms with Crippen LogP contribution in [0.3, 0.4) is 0 Å². The fourth-order valence-corrected chi connectivity index (χ4v) is 0.735. The predicted molar refractivity (Wildman–Crippen MR) is 39.1 cm³/mol. The molecule has 0 aliphatic heterocycles. The SMILES string of the molecule is N#Cc1nc(C(=O)Cl)ccc1F. The van der Waals surface area contributed by atoms with Gasteiger partial charge in [0.15, 0.2) is 11.5 Å². The van der Waals surface area contributed by atoms with Crippen LogP contribution in [0.2, 0.25) is 0 Å². The van der Waals surface area contributed by atoms with Crippen molar-refractivity contribution >= 4 is 16.8 Å². The van der Waals surface area contributed by atoms with Crippen molar-refractivity contribution in [2.75, 3.05) is 0 Å². The van der Waals surface area contributed by atoms with Gasteiger partial charge in [-0.2, -0.15) is 5.26 Å². The predicted octanol–water partition coefficient (Wildman–Crippen LogP) is 1.47. The molecule has 1 aromatic rings. The standard InChI is InChI=1S/C7H2ClFN2O/c8-7(12)5-2-1-4(9)6(3-10)11-5/h1-2H. The largest absolute Gasteiger partial charge is 0.274 e. The molecule has 12 heavy (non-hydrogen) atoms. The monoisotopic (exact) mass is 184 g/mol. The van der Waals surface area contributed by atoms with Crippen LogP contribution in [0.15, 0.2) is 12.1 Å². The van der Waals surface area contributed by atoms with Crippen LogP contribution in [0.4, 0.5) is 4.39 Å². The van der Waals surface area contributed by atoms with E-state index in [4.69, 9.17) is 16.9 Å². The molecule has 3 nitrogen and oxygen atoms in total. The molecule has 0 bridgehead atoms. The molecule has 1 rings (SSSR count). The Labute approximate surface area is 72.4 Å². The normalized spacial score (nSPS) is 9.08. The van der Waals surface area contributed by atoms with Gasteiger partial charge in [0.25, 0.3) is 5.24 Å². The van der Waals surface area contributed by atoms with E-state index in [-0.39, 0.29) is 5.69 Å². The summed E-state index contributed by atoms with van der Waals surface area (Å²) in [7, 11) is 0. The minimum atomic E-state index is -0.813. The van der Waals surface area contributed by atoms with E-state index in [0.717, 1.165) is 12.1 Å². The van der Waals surface area contributed by atoms with Gasteiger partial charge in [0.2, 0.25) is 0 Å². The van der Waals surface area contributed by atoms with Crippen LogP contribution in [0.5, 0.6) is 0 Å². The van der Waals surface area contributed by atoms with Gasteiger partial charge in [-0.15, -0.1) is 0 Å². The molecule has 0 amide bonds. The van der Waals surface area contributed by atoms with Gasteiger partial charge < -0.3 is 0 Å². The number of pyridine rings is 1. The average molecular weight is 185 g/mol. The van der Waals surface area contributed by atoms with Crippen LogP contribution < -0.4 is 0 Å². The molecular formula is C7H2ClFN2O. The molecule has 0 N–H and O–H groups in total. The summed E-state index contributed by atoms with van der Waals surface area (Å²) in [4.78, 5) is 13.9. The third-order valence-corrected chi connectivity index (χ3v) is 1.35. The lowest BCUT2D eigenvalue weighted by molar-refractivity contribution is 0.107. The van der Waals surface area contributed by atoms with Crippen LogP contribution in [0.1, 0.15) is 16.2 Å². The maximum atomic E-state index is 12.6. The third kappa shape index (κ3) is 1.57. The summed E-state index contributed by atoms with van der Waals surface area (Å²) < 4.78 is 12.6. The lowest BCUT2D eigenvalue weighted by Crippen LogP contribution is -1.98.